The average Bonchev–Trinajstić information content (AvgIpc) is 2.93. The highest BCUT2D eigenvalue weighted by Crippen LogP contribution is 2.55. The van der Waals surface area contributed by atoms with Crippen LogP contribution in [0, 0.1) is 0 Å². The molecule has 0 radical (unpaired) electrons. The topological polar surface area (TPSA) is 6.48 Å². The van der Waals surface area contributed by atoms with Gasteiger partial charge in [-0.05, 0) is 64.7 Å². The summed E-state index contributed by atoms with van der Waals surface area (Å²) in [4.78, 5) is 4.85. The Kier molecular flexibility index (Phi) is 5.34. The smallest absolute Gasteiger partial charge is 0.0502 e. The van der Waals surface area contributed by atoms with E-state index in [4.69, 9.17) is 0 Å². The molecule has 0 aliphatic carbocycles. The number of benzene rings is 5. The molecular formula is C36H31BrN2. The SMILES string of the molecule is CC1(C)c2ccccc2N(c2cc(Br)cc(N3c4ccccc4C(C)(C)c4ccccc43)c2)c2ccccc21. The molecule has 0 saturated carbocycles. The van der Waals surface area contributed by atoms with Gasteiger partial charge >= 0.3 is 0 Å². The minimum Gasteiger partial charge on any atom is -0.310 e. The Morgan fingerprint density at radius 2 is 0.718 bits per heavy atom. The number of nitrogens with zero attached hydrogens (tertiary/aromatic N) is 2. The van der Waals surface area contributed by atoms with Gasteiger partial charge in [-0.15, -0.1) is 0 Å². The van der Waals surface area contributed by atoms with Crippen LogP contribution >= 0.6 is 15.9 Å². The van der Waals surface area contributed by atoms with Crippen molar-refractivity contribution in [1.29, 1.82) is 0 Å². The highest BCUT2D eigenvalue weighted by molar-refractivity contribution is 9.10. The summed E-state index contributed by atoms with van der Waals surface area (Å²) < 4.78 is 1.05. The third-order valence-electron chi connectivity index (χ3n) is 8.66. The van der Waals surface area contributed by atoms with Crippen LogP contribution in [0.1, 0.15) is 49.9 Å². The minimum absolute atomic E-state index is 0.0884. The van der Waals surface area contributed by atoms with Gasteiger partial charge in [0, 0.05) is 26.7 Å². The zero-order valence-electron chi connectivity index (χ0n) is 22.7. The van der Waals surface area contributed by atoms with E-state index in [-0.39, 0.29) is 10.8 Å². The van der Waals surface area contributed by atoms with E-state index >= 15 is 0 Å². The molecule has 2 nitrogen and oxygen atoms in total. The lowest BCUT2D eigenvalue weighted by atomic mass is 9.73. The van der Waals surface area contributed by atoms with Crippen molar-refractivity contribution >= 4 is 50.1 Å². The van der Waals surface area contributed by atoms with E-state index in [1.165, 1.54) is 45.0 Å². The molecule has 0 bridgehead atoms. The number of hydrogen-bond donors (Lipinski definition) is 0. The van der Waals surface area contributed by atoms with Crippen molar-refractivity contribution in [3.63, 3.8) is 0 Å². The number of rotatable bonds is 2. The number of halogens is 1. The zero-order chi connectivity index (χ0) is 26.9. The third kappa shape index (κ3) is 3.53. The molecule has 0 aromatic heterocycles. The first-order valence-corrected chi connectivity index (χ1v) is 14.4. The molecule has 0 saturated heterocycles. The van der Waals surface area contributed by atoms with Crippen LogP contribution in [0.3, 0.4) is 0 Å². The molecule has 0 spiro atoms. The summed E-state index contributed by atoms with van der Waals surface area (Å²) in [6.07, 6.45) is 0. The maximum absolute atomic E-state index is 3.90. The fraction of sp³-hybridized carbons (Fsp3) is 0.167. The standard InChI is InChI=1S/C36H31BrN2/c1-35(2)27-13-5-9-17-31(27)38(32-18-10-6-14-28(32)35)25-21-24(37)22-26(23-25)39-33-19-11-7-15-29(33)36(3,4)30-16-8-12-20-34(30)39/h5-23H,1-4H3. The molecule has 39 heavy (non-hydrogen) atoms. The quantitative estimate of drug-likeness (QED) is 0.208. The largest absolute Gasteiger partial charge is 0.310 e. The second kappa shape index (κ2) is 8.59. The molecule has 2 heterocycles. The lowest BCUT2D eigenvalue weighted by molar-refractivity contribution is 0.631. The van der Waals surface area contributed by atoms with Crippen molar-refractivity contribution in [3.05, 3.63) is 142 Å². The Hall–Kier alpha value is -3.82. The summed E-state index contributed by atoms with van der Waals surface area (Å²) in [6, 6.07) is 42.1. The molecule has 0 fully saturated rings. The van der Waals surface area contributed by atoms with Crippen molar-refractivity contribution in [2.75, 3.05) is 9.80 Å². The number of hydrogen-bond acceptors (Lipinski definition) is 2. The second-order valence-electron chi connectivity index (χ2n) is 11.7. The maximum atomic E-state index is 3.90. The van der Waals surface area contributed by atoms with Gasteiger partial charge in [0.15, 0.2) is 0 Å². The van der Waals surface area contributed by atoms with E-state index in [9.17, 15) is 0 Å². The Labute approximate surface area is 239 Å². The normalized spacial score (nSPS) is 16.1. The molecule has 0 N–H and O–H groups in total. The summed E-state index contributed by atoms with van der Waals surface area (Å²) in [5.41, 5.74) is 12.3. The van der Waals surface area contributed by atoms with Crippen molar-refractivity contribution in [3.8, 4) is 0 Å². The van der Waals surface area contributed by atoms with Crippen molar-refractivity contribution in [2.45, 2.75) is 38.5 Å². The first-order valence-electron chi connectivity index (χ1n) is 13.6. The van der Waals surface area contributed by atoms with Gasteiger partial charge in [-0.3, -0.25) is 0 Å². The van der Waals surface area contributed by atoms with Crippen molar-refractivity contribution in [1.82, 2.24) is 0 Å². The zero-order valence-corrected chi connectivity index (χ0v) is 24.3. The van der Waals surface area contributed by atoms with Crippen LogP contribution in [0.25, 0.3) is 0 Å². The third-order valence-corrected chi connectivity index (χ3v) is 9.11. The van der Waals surface area contributed by atoms with Gasteiger partial charge in [0.1, 0.15) is 0 Å². The summed E-state index contributed by atoms with van der Waals surface area (Å²) >= 11 is 3.90. The molecule has 5 aromatic rings. The van der Waals surface area contributed by atoms with E-state index in [0.29, 0.717) is 0 Å². The van der Waals surface area contributed by atoms with E-state index in [1.807, 2.05) is 0 Å². The number of fused-ring (bicyclic) bond motifs is 4. The Bertz CT molecular complexity index is 1520. The van der Waals surface area contributed by atoms with Gasteiger partial charge in [0.2, 0.25) is 0 Å². The second-order valence-corrected chi connectivity index (χ2v) is 12.6. The summed E-state index contributed by atoms with van der Waals surface area (Å²) in [7, 11) is 0. The van der Waals surface area contributed by atoms with Crippen LogP contribution in [0.15, 0.2) is 120 Å². The maximum Gasteiger partial charge on any atom is 0.0502 e. The highest BCUT2D eigenvalue weighted by atomic mass is 79.9. The van der Waals surface area contributed by atoms with Gasteiger partial charge in [-0.1, -0.05) is 116 Å². The minimum atomic E-state index is -0.0884. The van der Waals surface area contributed by atoms with Gasteiger partial charge in [-0.2, -0.15) is 0 Å². The Balaban J connectivity index is 1.47. The van der Waals surface area contributed by atoms with Crippen LogP contribution in [0.2, 0.25) is 0 Å². The molecular weight excluding hydrogens is 540 g/mol. The van der Waals surface area contributed by atoms with Crippen molar-refractivity contribution in [2.24, 2.45) is 0 Å². The van der Waals surface area contributed by atoms with Gasteiger partial charge in [0.25, 0.3) is 0 Å². The molecule has 5 aromatic carbocycles. The van der Waals surface area contributed by atoms with Gasteiger partial charge in [0.05, 0.1) is 22.7 Å². The van der Waals surface area contributed by atoms with Crippen molar-refractivity contribution < 1.29 is 0 Å². The number of para-hydroxylation sites is 4. The van der Waals surface area contributed by atoms with E-state index in [0.717, 1.165) is 15.8 Å². The molecule has 0 atom stereocenters. The van der Waals surface area contributed by atoms with Crippen LogP contribution in [0.4, 0.5) is 34.1 Å². The molecule has 0 amide bonds. The van der Waals surface area contributed by atoms with Crippen LogP contribution in [0.5, 0.6) is 0 Å². The summed E-state index contributed by atoms with van der Waals surface area (Å²) in [5, 5.41) is 0. The first kappa shape index (κ1) is 24.2. The first-order chi connectivity index (χ1) is 18.8. The average molecular weight is 572 g/mol. The van der Waals surface area contributed by atoms with Gasteiger partial charge < -0.3 is 9.80 Å². The molecule has 7 rings (SSSR count). The molecule has 192 valence electrons. The predicted molar refractivity (Wildman–Crippen MR) is 168 cm³/mol. The number of anilines is 6. The van der Waals surface area contributed by atoms with Crippen LogP contribution < -0.4 is 9.80 Å². The summed E-state index contributed by atoms with van der Waals surface area (Å²) in [5.74, 6) is 0. The monoisotopic (exact) mass is 570 g/mol. The van der Waals surface area contributed by atoms with E-state index in [1.54, 1.807) is 0 Å². The van der Waals surface area contributed by atoms with Crippen LogP contribution in [-0.4, -0.2) is 0 Å². The summed E-state index contributed by atoms with van der Waals surface area (Å²) in [6.45, 7) is 9.32. The fourth-order valence-electron chi connectivity index (χ4n) is 6.71. The Morgan fingerprint density at radius 1 is 0.436 bits per heavy atom. The highest BCUT2D eigenvalue weighted by Gasteiger charge is 2.38. The fourth-order valence-corrected chi connectivity index (χ4v) is 7.18. The van der Waals surface area contributed by atoms with Gasteiger partial charge in [-0.25, -0.2) is 0 Å². The lowest BCUT2D eigenvalue weighted by Gasteiger charge is -2.43. The molecule has 2 aliphatic heterocycles. The predicted octanol–water partition coefficient (Wildman–Crippen LogP) is 10.7. The Morgan fingerprint density at radius 3 is 1.03 bits per heavy atom. The molecule has 0 unspecified atom stereocenters. The van der Waals surface area contributed by atoms with E-state index in [2.05, 4.69) is 169 Å². The molecule has 2 aliphatic rings. The lowest BCUT2D eigenvalue weighted by Crippen LogP contribution is -2.31. The van der Waals surface area contributed by atoms with E-state index < -0.39 is 0 Å². The molecule has 3 heteroatoms. The van der Waals surface area contributed by atoms with Crippen LogP contribution in [-0.2, 0) is 10.8 Å².